The lowest BCUT2D eigenvalue weighted by atomic mass is 10.2. The van der Waals surface area contributed by atoms with E-state index in [1.807, 2.05) is 18.5 Å². The van der Waals surface area contributed by atoms with E-state index in [9.17, 15) is 4.79 Å². The third-order valence-corrected chi connectivity index (χ3v) is 4.14. The van der Waals surface area contributed by atoms with Gasteiger partial charge in [0.15, 0.2) is 0 Å². The second kappa shape index (κ2) is 7.11. The van der Waals surface area contributed by atoms with Gasteiger partial charge in [0.1, 0.15) is 17.2 Å². The van der Waals surface area contributed by atoms with Crippen LogP contribution in [0.2, 0.25) is 0 Å². The molecule has 0 saturated carbocycles. The van der Waals surface area contributed by atoms with E-state index < -0.39 is 0 Å². The van der Waals surface area contributed by atoms with Crippen LogP contribution < -0.4 is 5.32 Å². The molecule has 23 heavy (non-hydrogen) atoms. The molecule has 0 bridgehead atoms. The molecule has 0 spiro atoms. The molecule has 1 atom stereocenters. The number of carbonyl (C=O) groups excluding carboxylic acids is 1. The minimum atomic E-state index is -0.0878. The summed E-state index contributed by atoms with van der Waals surface area (Å²) in [6, 6.07) is 0. The van der Waals surface area contributed by atoms with Crippen molar-refractivity contribution < 1.29 is 9.53 Å². The number of morpholine rings is 1. The summed E-state index contributed by atoms with van der Waals surface area (Å²) in [5, 5.41) is 15.1. The molecular formula is C13H19N7O2S. The van der Waals surface area contributed by atoms with E-state index in [0.717, 1.165) is 18.2 Å². The van der Waals surface area contributed by atoms with Gasteiger partial charge in [-0.15, -0.1) is 10.2 Å². The number of aromatic nitrogens is 5. The number of amides is 1. The van der Waals surface area contributed by atoms with Gasteiger partial charge in [0.05, 0.1) is 25.8 Å². The van der Waals surface area contributed by atoms with Gasteiger partial charge < -0.3 is 4.74 Å². The molecule has 1 amide bonds. The first-order chi connectivity index (χ1) is 11.1. The van der Waals surface area contributed by atoms with Gasteiger partial charge in [-0.2, -0.15) is 5.10 Å². The van der Waals surface area contributed by atoms with Gasteiger partial charge >= 0.3 is 0 Å². The minimum absolute atomic E-state index is 0.00196. The monoisotopic (exact) mass is 337 g/mol. The number of rotatable bonds is 5. The molecule has 3 heterocycles. The van der Waals surface area contributed by atoms with Crippen LogP contribution in [-0.2, 0) is 16.1 Å². The fourth-order valence-corrected chi connectivity index (χ4v) is 3.01. The van der Waals surface area contributed by atoms with Crippen molar-refractivity contribution in [2.45, 2.75) is 26.5 Å². The van der Waals surface area contributed by atoms with Gasteiger partial charge in [0.2, 0.25) is 11.0 Å². The smallest absolute Gasteiger partial charge is 0.240 e. The van der Waals surface area contributed by atoms with Crippen LogP contribution >= 0.6 is 11.3 Å². The molecule has 0 aliphatic carbocycles. The van der Waals surface area contributed by atoms with E-state index in [4.69, 9.17) is 4.74 Å². The zero-order valence-electron chi connectivity index (χ0n) is 13.1. The Morgan fingerprint density at radius 3 is 3.09 bits per heavy atom. The maximum atomic E-state index is 12.0. The molecule has 3 rings (SSSR count). The molecule has 9 nitrogen and oxygen atoms in total. The molecular weight excluding hydrogens is 318 g/mol. The van der Waals surface area contributed by atoms with Gasteiger partial charge in [-0.25, -0.2) is 9.67 Å². The number of carbonyl (C=O) groups is 1. The summed E-state index contributed by atoms with van der Waals surface area (Å²) in [4.78, 5) is 18.4. The fraction of sp³-hybridized carbons (Fsp3) is 0.615. The summed E-state index contributed by atoms with van der Waals surface area (Å²) in [5.74, 6) is 1.54. The number of aryl methyl sites for hydroxylation is 2. The molecule has 1 saturated heterocycles. The van der Waals surface area contributed by atoms with E-state index in [1.165, 1.54) is 11.3 Å². The lowest BCUT2D eigenvalue weighted by Gasteiger charge is -2.32. The molecule has 0 radical (unpaired) electrons. The maximum absolute atomic E-state index is 12.0. The van der Waals surface area contributed by atoms with Crippen LogP contribution in [0.1, 0.15) is 11.6 Å². The van der Waals surface area contributed by atoms with Gasteiger partial charge in [-0.3, -0.25) is 15.0 Å². The van der Waals surface area contributed by atoms with E-state index in [0.29, 0.717) is 31.4 Å². The Bertz CT molecular complexity index is 657. The van der Waals surface area contributed by atoms with Crippen LogP contribution in [0.25, 0.3) is 0 Å². The molecule has 2 aromatic rings. The standard InChI is InChI=1S/C13H19N7O2S/c1-9-15-10(2)20(18-9)6-11-5-19(3-4-22-11)7-12(21)16-13-17-14-8-23-13/h8,11H,3-7H2,1-2H3,(H,16,17,21)/t11-/m0/s1. The quantitative estimate of drug-likeness (QED) is 0.825. The van der Waals surface area contributed by atoms with Gasteiger partial charge in [-0.1, -0.05) is 11.3 Å². The minimum Gasteiger partial charge on any atom is -0.374 e. The number of anilines is 1. The Kier molecular flexibility index (Phi) is 4.94. The van der Waals surface area contributed by atoms with Crippen molar-refractivity contribution in [1.29, 1.82) is 0 Å². The first kappa shape index (κ1) is 16.0. The summed E-state index contributed by atoms with van der Waals surface area (Å²) in [5.41, 5.74) is 1.59. The Labute approximate surface area is 137 Å². The number of nitrogens with one attached hydrogen (secondary N) is 1. The second-order valence-corrected chi connectivity index (χ2v) is 6.24. The molecule has 1 aliphatic heterocycles. The van der Waals surface area contributed by atoms with E-state index >= 15 is 0 Å². The predicted octanol–water partition coefficient (Wildman–Crippen LogP) is 0.0859. The summed E-state index contributed by atoms with van der Waals surface area (Å²) in [7, 11) is 0. The first-order valence-corrected chi connectivity index (χ1v) is 8.26. The normalized spacial score (nSPS) is 19.0. The fourth-order valence-electron chi connectivity index (χ4n) is 2.55. The van der Waals surface area contributed by atoms with E-state index in [1.54, 1.807) is 5.51 Å². The largest absolute Gasteiger partial charge is 0.374 e. The highest BCUT2D eigenvalue weighted by Crippen LogP contribution is 2.11. The molecule has 0 aromatic carbocycles. The van der Waals surface area contributed by atoms with E-state index in [-0.39, 0.29) is 12.0 Å². The Morgan fingerprint density at radius 1 is 1.52 bits per heavy atom. The number of ether oxygens (including phenoxy) is 1. The van der Waals surface area contributed by atoms with Crippen molar-refractivity contribution in [3.8, 4) is 0 Å². The Balaban J connectivity index is 1.51. The molecule has 124 valence electrons. The first-order valence-electron chi connectivity index (χ1n) is 7.38. The van der Waals surface area contributed by atoms with Crippen molar-refractivity contribution in [2.24, 2.45) is 0 Å². The Morgan fingerprint density at radius 2 is 2.39 bits per heavy atom. The van der Waals surface area contributed by atoms with Crippen LogP contribution in [-0.4, -0.2) is 68.1 Å². The van der Waals surface area contributed by atoms with Crippen LogP contribution in [0.4, 0.5) is 5.13 Å². The molecule has 10 heteroatoms. The molecule has 2 aromatic heterocycles. The number of hydrogen-bond donors (Lipinski definition) is 1. The average molecular weight is 337 g/mol. The third-order valence-electron chi connectivity index (χ3n) is 3.54. The van der Waals surface area contributed by atoms with Gasteiger partial charge in [0, 0.05) is 13.1 Å². The van der Waals surface area contributed by atoms with Crippen molar-refractivity contribution >= 4 is 22.4 Å². The van der Waals surface area contributed by atoms with Crippen LogP contribution in [0, 0.1) is 13.8 Å². The molecule has 0 unspecified atom stereocenters. The lowest BCUT2D eigenvalue weighted by Crippen LogP contribution is -2.47. The van der Waals surface area contributed by atoms with Gasteiger partial charge in [-0.05, 0) is 13.8 Å². The summed E-state index contributed by atoms with van der Waals surface area (Å²) in [6.07, 6.45) is -0.00196. The lowest BCUT2D eigenvalue weighted by molar-refractivity contribution is -0.119. The van der Waals surface area contributed by atoms with Crippen molar-refractivity contribution in [2.75, 3.05) is 31.6 Å². The summed E-state index contributed by atoms with van der Waals surface area (Å²) < 4.78 is 7.63. The highest BCUT2D eigenvalue weighted by Gasteiger charge is 2.23. The average Bonchev–Trinajstić information content (AvgIpc) is 3.09. The van der Waals surface area contributed by atoms with Gasteiger partial charge in [0.25, 0.3) is 0 Å². The molecule has 1 N–H and O–H groups in total. The summed E-state index contributed by atoms with van der Waals surface area (Å²) in [6.45, 7) is 6.77. The highest BCUT2D eigenvalue weighted by atomic mass is 32.1. The molecule has 1 aliphatic rings. The zero-order valence-corrected chi connectivity index (χ0v) is 13.9. The van der Waals surface area contributed by atoms with Crippen molar-refractivity contribution in [1.82, 2.24) is 29.9 Å². The Hall–Kier alpha value is -1.91. The second-order valence-electron chi connectivity index (χ2n) is 5.41. The topological polar surface area (TPSA) is 98.1 Å². The molecule has 1 fully saturated rings. The maximum Gasteiger partial charge on any atom is 0.240 e. The zero-order chi connectivity index (χ0) is 16.2. The number of nitrogens with zero attached hydrogens (tertiary/aromatic N) is 6. The van der Waals surface area contributed by atoms with Crippen LogP contribution in [0.15, 0.2) is 5.51 Å². The summed E-state index contributed by atoms with van der Waals surface area (Å²) >= 11 is 1.30. The third kappa shape index (κ3) is 4.30. The van der Waals surface area contributed by atoms with Crippen LogP contribution in [0.5, 0.6) is 0 Å². The predicted molar refractivity (Wildman–Crippen MR) is 84.2 cm³/mol. The van der Waals surface area contributed by atoms with Crippen molar-refractivity contribution in [3.05, 3.63) is 17.2 Å². The van der Waals surface area contributed by atoms with E-state index in [2.05, 4.69) is 30.5 Å². The van der Waals surface area contributed by atoms with Crippen molar-refractivity contribution in [3.63, 3.8) is 0 Å². The SMILES string of the molecule is Cc1nc(C)n(C[C@@H]2CN(CC(=O)Nc3nncs3)CCO2)n1. The highest BCUT2D eigenvalue weighted by molar-refractivity contribution is 7.13. The number of hydrogen-bond acceptors (Lipinski definition) is 8. The van der Waals surface area contributed by atoms with Crippen LogP contribution in [0.3, 0.4) is 0 Å².